The summed E-state index contributed by atoms with van der Waals surface area (Å²) in [6.45, 7) is 8.49. The lowest BCUT2D eigenvalue weighted by Crippen LogP contribution is -1.73. The van der Waals surface area contributed by atoms with Gasteiger partial charge in [-0.15, -0.1) is 0 Å². The fraction of sp³-hybridized carbons (Fsp3) is 0.455. The summed E-state index contributed by atoms with van der Waals surface area (Å²) >= 11 is 0. The minimum atomic E-state index is 1.14. The predicted molar refractivity (Wildman–Crippen MR) is 52.6 cm³/mol. The van der Waals surface area contributed by atoms with Crippen LogP contribution in [0.25, 0.3) is 0 Å². The Hall–Kier alpha value is -0.780. The molecule has 0 heterocycles. The molecule has 0 aliphatic heterocycles. The topological polar surface area (TPSA) is 0 Å². The molecule has 0 N–H and O–H groups in total. The first-order valence-electron chi connectivity index (χ1n) is 4.17. The Bertz CT molecular complexity index is 180. The van der Waals surface area contributed by atoms with Crippen molar-refractivity contribution in [2.45, 2.75) is 34.1 Å². The fourth-order valence-corrected chi connectivity index (χ4v) is 0.787. The minimum Gasteiger partial charge on any atom is -0.0877 e. The lowest BCUT2D eigenvalue weighted by Gasteiger charge is -1.94. The highest BCUT2D eigenvalue weighted by Gasteiger charge is 1.83. The van der Waals surface area contributed by atoms with Crippen LogP contribution in [-0.2, 0) is 0 Å². The molecule has 0 amide bonds. The molecule has 0 spiro atoms. The Kier molecular flexibility index (Phi) is 5.54. The highest BCUT2D eigenvalue weighted by atomic mass is 13.9. The zero-order chi connectivity index (χ0) is 8.69. The summed E-state index contributed by atoms with van der Waals surface area (Å²) in [5.41, 5.74) is 2.76. The van der Waals surface area contributed by atoms with Crippen LogP contribution in [0.1, 0.15) is 34.1 Å². The standard InChI is InChI=1S/C11H18/c1-5-7-8-11(4)9-10(3)6-2/h5,7-9H,6H2,1-4H3/b7-5-,10-9?,11-8-. The normalized spacial score (nSPS) is 14.5. The van der Waals surface area contributed by atoms with Gasteiger partial charge < -0.3 is 0 Å². The van der Waals surface area contributed by atoms with Crippen LogP contribution in [0, 0.1) is 0 Å². The SMILES string of the molecule is C/C=C\C=C(\C)C=C(C)CC. The molecule has 0 saturated heterocycles. The van der Waals surface area contributed by atoms with E-state index in [1.807, 2.05) is 13.0 Å². The third-order valence-corrected chi connectivity index (χ3v) is 1.58. The van der Waals surface area contributed by atoms with Crippen molar-refractivity contribution in [3.8, 4) is 0 Å². The van der Waals surface area contributed by atoms with Crippen molar-refractivity contribution in [1.29, 1.82) is 0 Å². The van der Waals surface area contributed by atoms with Gasteiger partial charge in [0.1, 0.15) is 0 Å². The van der Waals surface area contributed by atoms with E-state index < -0.39 is 0 Å². The van der Waals surface area contributed by atoms with Crippen LogP contribution in [0.5, 0.6) is 0 Å². The minimum absolute atomic E-state index is 1.14. The van der Waals surface area contributed by atoms with Gasteiger partial charge in [-0.25, -0.2) is 0 Å². The Labute approximate surface area is 70.3 Å². The van der Waals surface area contributed by atoms with Gasteiger partial charge in [-0.05, 0) is 27.2 Å². The maximum atomic E-state index is 2.22. The maximum absolute atomic E-state index is 2.22. The molecule has 0 aromatic carbocycles. The van der Waals surface area contributed by atoms with Crippen molar-refractivity contribution in [1.82, 2.24) is 0 Å². The molecular weight excluding hydrogens is 132 g/mol. The van der Waals surface area contributed by atoms with E-state index in [1.165, 1.54) is 11.1 Å². The van der Waals surface area contributed by atoms with Gasteiger partial charge in [0.2, 0.25) is 0 Å². The van der Waals surface area contributed by atoms with Crippen LogP contribution in [0.15, 0.2) is 35.5 Å². The van der Waals surface area contributed by atoms with Crippen LogP contribution < -0.4 is 0 Å². The van der Waals surface area contributed by atoms with E-state index >= 15 is 0 Å². The van der Waals surface area contributed by atoms with Crippen molar-refractivity contribution < 1.29 is 0 Å². The second-order valence-corrected chi connectivity index (χ2v) is 2.78. The van der Waals surface area contributed by atoms with E-state index in [-0.39, 0.29) is 0 Å². The van der Waals surface area contributed by atoms with Crippen LogP contribution in [0.3, 0.4) is 0 Å². The van der Waals surface area contributed by atoms with Gasteiger partial charge >= 0.3 is 0 Å². The molecule has 0 saturated carbocycles. The average molecular weight is 150 g/mol. The molecule has 0 bridgehead atoms. The molecule has 0 aromatic rings. The second-order valence-electron chi connectivity index (χ2n) is 2.78. The quantitative estimate of drug-likeness (QED) is 0.536. The molecule has 0 heteroatoms. The van der Waals surface area contributed by atoms with Gasteiger partial charge in [-0.1, -0.05) is 42.4 Å². The summed E-state index contributed by atoms with van der Waals surface area (Å²) < 4.78 is 0. The van der Waals surface area contributed by atoms with Crippen LogP contribution in [0.2, 0.25) is 0 Å². The van der Waals surface area contributed by atoms with Crippen molar-refractivity contribution in [3.63, 3.8) is 0 Å². The Morgan fingerprint density at radius 2 is 1.91 bits per heavy atom. The number of rotatable bonds is 3. The van der Waals surface area contributed by atoms with Crippen molar-refractivity contribution in [2.75, 3.05) is 0 Å². The molecule has 0 atom stereocenters. The van der Waals surface area contributed by atoms with Crippen molar-refractivity contribution >= 4 is 0 Å². The van der Waals surface area contributed by atoms with E-state index in [0.29, 0.717) is 0 Å². The fourth-order valence-electron chi connectivity index (χ4n) is 0.787. The third-order valence-electron chi connectivity index (χ3n) is 1.58. The van der Waals surface area contributed by atoms with Gasteiger partial charge in [0.25, 0.3) is 0 Å². The summed E-state index contributed by atoms with van der Waals surface area (Å²) in [5, 5.41) is 0. The first-order valence-corrected chi connectivity index (χ1v) is 4.17. The van der Waals surface area contributed by atoms with E-state index in [0.717, 1.165) is 6.42 Å². The van der Waals surface area contributed by atoms with Gasteiger partial charge in [0.15, 0.2) is 0 Å². The third kappa shape index (κ3) is 5.65. The van der Waals surface area contributed by atoms with Gasteiger partial charge in [-0.2, -0.15) is 0 Å². The zero-order valence-electron chi connectivity index (χ0n) is 8.02. The molecule has 0 radical (unpaired) electrons. The van der Waals surface area contributed by atoms with Crippen molar-refractivity contribution in [3.05, 3.63) is 35.5 Å². The predicted octanol–water partition coefficient (Wildman–Crippen LogP) is 3.87. The molecule has 0 aliphatic carbocycles. The molecule has 62 valence electrons. The summed E-state index contributed by atoms with van der Waals surface area (Å²) in [7, 11) is 0. The Balaban J connectivity index is 4.14. The number of hydrogen-bond donors (Lipinski definition) is 0. The lowest BCUT2D eigenvalue weighted by atomic mass is 10.1. The highest BCUT2D eigenvalue weighted by Crippen LogP contribution is 2.04. The molecule has 0 nitrogen and oxygen atoms in total. The van der Waals surface area contributed by atoms with Gasteiger partial charge in [0, 0.05) is 0 Å². The molecule has 0 aliphatic rings. The number of hydrogen-bond acceptors (Lipinski definition) is 0. The van der Waals surface area contributed by atoms with E-state index in [2.05, 4.69) is 39.0 Å². The monoisotopic (exact) mass is 150 g/mol. The summed E-state index contributed by atoms with van der Waals surface area (Å²) in [5.74, 6) is 0. The summed E-state index contributed by atoms with van der Waals surface area (Å²) in [6, 6.07) is 0. The molecule has 0 aromatic heterocycles. The average Bonchev–Trinajstić information content (AvgIpc) is 2.00. The van der Waals surface area contributed by atoms with Crippen LogP contribution >= 0.6 is 0 Å². The van der Waals surface area contributed by atoms with Crippen molar-refractivity contribution in [2.24, 2.45) is 0 Å². The van der Waals surface area contributed by atoms with Crippen LogP contribution in [-0.4, -0.2) is 0 Å². The number of allylic oxidation sites excluding steroid dienone is 6. The smallest absolute Gasteiger partial charge is 0.0348 e. The lowest BCUT2D eigenvalue weighted by molar-refractivity contribution is 1.09. The van der Waals surface area contributed by atoms with E-state index in [1.54, 1.807) is 0 Å². The maximum Gasteiger partial charge on any atom is -0.0348 e. The second kappa shape index (κ2) is 5.96. The van der Waals surface area contributed by atoms with E-state index in [9.17, 15) is 0 Å². The molecule has 0 rings (SSSR count). The largest absolute Gasteiger partial charge is 0.0877 e. The van der Waals surface area contributed by atoms with Gasteiger partial charge in [-0.3, -0.25) is 0 Å². The first kappa shape index (κ1) is 10.2. The molecular formula is C11H18. The van der Waals surface area contributed by atoms with E-state index in [4.69, 9.17) is 0 Å². The Morgan fingerprint density at radius 3 is 2.36 bits per heavy atom. The first-order chi connectivity index (χ1) is 5.20. The zero-order valence-corrected chi connectivity index (χ0v) is 8.02. The summed E-state index contributed by atoms with van der Waals surface area (Å²) in [6.07, 6.45) is 9.59. The van der Waals surface area contributed by atoms with Crippen LogP contribution in [0.4, 0.5) is 0 Å². The molecule has 0 unspecified atom stereocenters. The molecule has 0 fully saturated rings. The van der Waals surface area contributed by atoms with Gasteiger partial charge in [0.05, 0.1) is 0 Å². The highest BCUT2D eigenvalue weighted by molar-refractivity contribution is 5.24. The Morgan fingerprint density at radius 1 is 1.27 bits per heavy atom. The summed E-state index contributed by atoms with van der Waals surface area (Å²) in [4.78, 5) is 0. The molecule has 11 heavy (non-hydrogen) atoms.